The number of carbonyl (C=O) groups excluding carboxylic acids is 2. The number of hydrogen-bond donors (Lipinski definition) is 2. The van der Waals surface area contributed by atoms with E-state index in [0.717, 1.165) is 4.31 Å². The minimum absolute atomic E-state index is 0.122. The van der Waals surface area contributed by atoms with Gasteiger partial charge in [-0.2, -0.15) is 0 Å². The number of benzene rings is 2. The molecule has 0 bridgehead atoms. The molecule has 0 radical (unpaired) electrons. The van der Waals surface area contributed by atoms with Crippen molar-refractivity contribution < 1.29 is 18.0 Å². The molecule has 0 aliphatic heterocycles. The maximum Gasteiger partial charge on any atom is 0.251 e. The van der Waals surface area contributed by atoms with Gasteiger partial charge in [0.2, 0.25) is 15.9 Å². The topological polar surface area (TPSA) is 95.6 Å². The SMILES string of the molecule is CN(C)S(=O)(=O)c1ccc(NC(=O)CNC(=O)c2ccc(Cl)cc2)cc1. The first-order valence-corrected chi connectivity index (χ1v) is 9.38. The Labute approximate surface area is 157 Å². The third-order valence-electron chi connectivity index (χ3n) is 3.43. The quantitative estimate of drug-likeness (QED) is 0.781. The molecule has 2 amide bonds. The van der Waals surface area contributed by atoms with Gasteiger partial charge in [-0.25, -0.2) is 12.7 Å². The molecular formula is C17H18ClN3O4S. The van der Waals surface area contributed by atoms with Crippen molar-refractivity contribution in [2.24, 2.45) is 0 Å². The Morgan fingerprint density at radius 3 is 2.12 bits per heavy atom. The third-order valence-corrected chi connectivity index (χ3v) is 5.51. The average molecular weight is 396 g/mol. The molecule has 7 nitrogen and oxygen atoms in total. The van der Waals surface area contributed by atoms with Crippen LogP contribution in [-0.2, 0) is 14.8 Å². The van der Waals surface area contributed by atoms with E-state index in [0.29, 0.717) is 16.3 Å². The zero-order valence-corrected chi connectivity index (χ0v) is 15.8. The highest BCUT2D eigenvalue weighted by atomic mass is 35.5. The molecule has 26 heavy (non-hydrogen) atoms. The predicted molar refractivity (Wildman–Crippen MR) is 99.7 cm³/mol. The standard InChI is InChI=1S/C17H18ClN3O4S/c1-21(2)26(24,25)15-9-7-14(8-10-15)20-16(22)11-19-17(23)12-3-5-13(18)6-4-12/h3-10H,11H2,1-2H3,(H,19,23)(H,20,22). The summed E-state index contributed by atoms with van der Waals surface area (Å²) in [6.07, 6.45) is 0. The van der Waals surface area contributed by atoms with Crippen LogP contribution in [0.25, 0.3) is 0 Å². The number of halogens is 1. The number of rotatable bonds is 6. The first kappa shape index (κ1) is 19.9. The van der Waals surface area contributed by atoms with Crippen molar-refractivity contribution in [2.75, 3.05) is 26.0 Å². The Hall–Kier alpha value is -2.42. The van der Waals surface area contributed by atoms with Crippen LogP contribution in [0.5, 0.6) is 0 Å². The van der Waals surface area contributed by atoms with Gasteiger partial charge in [-0.15, -0.1) is 0 Å². The fraction of sp³-hybridized carbons (Fsp3) is 0.176. The molecule has 2 aromatic rings. The van der Waals surface area contributed by atoms with E-state index in [9.17, 15) is 18.0 Å². The Bertz CT molecular complexity index is 895. The van der Waals surface area contributed by atoms with Gasteiger partial charge in [-0.05, 0) is 48.5 Å². The number of amides is 2. The number of sulfonamides is 1. The van der Waals surface area contributed by atoms with Crippen LogP contribution in [0.15, 0.2) is 53.4 Å². The van der Waals surface area contributed by atoms with E-state index in [2.05, 4.69) is 10.6 Å². The van der Waals surface area contributed by atoms with Crippen molar-refractivity contribution in [2.45, 2.75) is 4.90 Å². The van der Waals surface area contributed by atoms with Crippen molar-refractivity contribution in [1.29, 1.82) is 0 Å². The molecule has 0 aliphatic rings. The van der Waals surface area contributed by atoms with Gasteiger partial charge in [-0.3, -0.25) is 9.59 Å². The van der Waals surface area contributed by atoms with Gasteiger partial charge < -0.3 is 10.6 Å². The summed E-state index contributed by atoms with van der Waals surface area (Å²) in [4.78, 5) is 24.0. The first-order chi connectivity index (χ1) is 12.2. The maximum atomic E-state index is 12.0. The van der Waals surface area contributed by atoms with Crippen LogP contribution in [0, 0.1) is 0 Å². The number of hydrogen-bond acceptors (Lipinski definition) is 4. The molecule has 0 atom stereocenters. The van der Waals surface area contributed by atoms with Gasteiger partial charge in [0.1, 0.15) is 0 Å². The summed E-state index contributed by atoms with van der Waals surface area (Å²) in [5.74, 6) is -0.834. The summed E-state index contributed by atoms with van der Waals surface area (Å²) in [5, 5.41) is 5.59. The lowest BCUT2D eigenvalue weighted by molar-refractivity contribution is -0.115. The fourth-order valence-electron chi connectivity index (χ4n) is 1.99. The molecule has 0 fully saturated rings. The van der Waals surface area contributed by atoms with E-state index in [1.165, 1.54) is 38.4 Å². The van der Waals surface area contributed by atoms with E-state index in [4.69, 9.17) is 11.6 Å². The van der Waals surface area contributed by atoms with Crippen LogP contribution in [-0.4, -0.2) is 45.2 Å². The minimum atomic E-state index is -3.52. The Balaban J connectivity index is 1.91. The van der Waals surface area contributed by atoms with Crippen LogP contribution in [0.2, 0.25) is 5.02 Å². The van der Waals surface area contributed by atoms with E-state index in [-0.39, 0.29) is 11.4 Å². The van der Waals surface area contributed by atoms with Gasteiger partial charge >= 0.3 is 0 Å². The van der Waals surface area contributed by atoms with E-state index >= 15 is 0 Å². The van der Waals surface area contributed by atoms with Gasteiger partial charge in [0.15, 0.2) is 0 Å². The van der Waals surface area contributed by atoms with Crippen LogP contribution < -0.4 is 10.6 Å². The molecule has 2 N–H and O–H groups in total. The summed E-state index contributed by atoms with van der Waals surface area (Å²) in [5.41, 5.74) is 0.814. The second kappa shape index (κ2) is 8.31. The lowest BCUT2D eigenvalue weighted by Crippen LogP contribution is -2.32. The van der Waals surface area contributed by atoms with E-state index in [1.807, 2.05) is 0 Å². The maximum absolute atomic E-state index is 12.0. The van der Waals surface area contributed by atoms with Gasteiger partial charge in [-0.1, -0.05) is 11.6 Å². The lowest BCUT2D eigenvalue weighted by atomic mass is 10.2. The van der Waals surface area contributed by atoms with Crippen molar-refractivity contribution in [3.63, 3.8) is 0 Å². The van der Waals surface area contributed by atoms with Crippen molar-refractivity contribution in [3.8, 4) is 0 Å². The normalized spacial score (nSPS) is 11.2. The second-order valence-corrected chi connectivity index (χ2v) is 8.14. The molecule has 2 rings (SSSR count). The van der Waals surface area contributed by atoms with Crippen molar-refractivity contribution >= 4 is 39.1 Å². The summed E-state index contributed by atoms with van der Waals surface area (Å²) >= 11 is 5.75. The highest BCUT2D eigenvalue weighted by Crippen LogP contribution is 2.16. The van der Waals surface area contributed by atoms with Crippen LogP contribution in [0.4, 0.5) is 5.69 Å². The van der Waals surface area contributed by atoms with E-state index in [1.54, 1.807) is 24.3 Å². The molecule has 0 saturated heterocycles. The molecular weight excluding hydrogens is 378 g/mol. The highest BCUT2D eigenvalue weighted by Gasteiger charge is 2.16. The second-order valence-electron chi connectivity index (χ2n) is 5.55. The Kier molecular flexibility index (Phi) is 6.36. The molecule has 0 aromatic heterocycles. The summed E-state index contributed by atoms with van der Waals surface area (Å²) in [6.45, 7) is -0.223. The first-order valence-electron chi connectivity index (χ1n) is 7.56. The average Bonchev–Trinajstić information content (AvgIpc) is 2.60. The van der Waals surface area contributed by atoms with Gasteiger partial charge in [0, 0.05) is 30.4 Å². The molecule has 2 aromatic carbocycles. The van der Waals surface area contributed by atoms with Crippen molar-refractivity contribution in [3.05, 3.63) is 59.1 Å². The fourth-order valence-corrected chi connectivity index (χ4v) is 3.02. The molecule has 9 heteroatoms. The summed E-state index contributed by atoms with van der Waals surface area (Å²) in [6, 6.07) is 12.0. The molecule has 0 heterocycles. The van der Waals surface area contributed by atoms with Crippen LogP contribution in [0.3, 0.4) is 0 Å². The number of nitrogens with one attached hydrogen (secondary N) is 2. The van der Waals surface area contributed by atoms with Gasteiger partial charge in [0.05, 0.1) is 11.4 Å². The Morgan fingerprint density at radius 2 is 1.58 bits per heavy atom. The van der Waals surface area contributed by atoms with Crippen molar-refractivity contribution in [1.82, 2.24) is 9.62 Å². The lowest BCUT2D eigenvalue weighted by Gasteiger charge is -2.12. The molecule has 138 valence electrons. The highest BCUT2D eigenvalue weighted by molar-refractivity contribution is 7.89. The molecule has 0 spiro atoms. The van der Waals surface area contributed by atoms with Crippen LogP contribution in [0.1, 0.15) is 10.4 Å². The molecule has 0 aliphatic carbocycles. The largest absolute Gasteiger partial charge is 0.343 e. The Morgan fingerprint density at radius 1 is 1.00 bits per heavy atom. The molecule has 0 unspecified atom stereocenters. The van der Waals surface area contributed by atoms with Crippen LogP contribution >= 0.6 is 11.6 Å². The molecule has 0 saturated carbocycles. The zero-order chi connectivity index (χ0) is 19.3. The van der Waals surface area contributed by atoms with E-state index < -0.39 is 21.8 Å². The number of nitrogens with zero attached hydrogens (tertiary/aromatic N) is 1. The minimum Gasteiger partial charge on any atom is -0.343 e. The predicted octanol–water partition coefficient (Wildman–Crippen LogP) is 1.96. The third kappa shape index (κ3) is 5.04. The number of carbonyl (C=O) groups is 2. The summed E-state index contributed by atoms with van der Waals surface area (Å²) < 4.78 is 25.1. The monoisotopic (exact) mass is 395 g/mol. The zero-order valence-electron chi connectivity index (χ0n) is 14.2. The number of anilines is 1. The smallest absolute Gasteiger partial charge is 0.251 e. The van der Waals surface area contributed by atoms with Gasteiger partial charge in [0.25, 0.3) is 5.91 Å². The summed E-state index contributed by atoms with van der Waals surface area (Å²) in [7, 11) is -0.645.